The lowest BCUT2D eigenvalue weighted by Crippen LogP contribution is -2.18. The number of para-hydroxylation sites is 1. The van der Waals surface area contributed by atoms with Gasteiger partial charge in [0.2, 0.25) is 0 Å². The molecule has 2 aromatic rings. The van der Waals surface area contributed by atoms with E-state index in [2.05, 4.69) is 24.4 Å². The predicted octanol–water partition coefficient (Wildman–Crippen LogP) is 3.63. The van der Waals surface area contributed by atoms with Crippen LogP contribution >= 0.6 is 0 Å². The Hall–Kier alpha value is -2.29. The number of methoxy groups -OCH3 is 1. The molecule has 0 amide bonds. The number of nitrogens with one attached hydrogen (secondary N) is 1. The van der Waals surface area contributed by atoms with Gasteiger partial charge in [-0.25, -0.2) is 0 Å². The molecule has 1 unspecified atom stereocenters. The first-order valence-electron chi connectivity index (χ1n) is 6.32. The van der Waals surface area contributed by atoms with E-state index in [1.807, 2.05) is 36.4 Å². The summed E-state index contributed by atoms with van der Waals surface area (Å²) in [6.45, 7) is 2.05. The van der Waals surface area contributed by atoms with Gasteiger partial charge in [0.05, 0.1) is 7.11 Å². The summed E-state index contributed by atoms with van der Waals surface area (Å²) in [6.07, 6.45) is -0.0270. The SMILES string of the molecule is COc1ccc(C2N=C(C)c3ccccc3N2)cc1. The van der Waals surface area contributed by atoms with Gasteiger partial charge in [0.1, 0.15) is 11.9 Å². The summed E-state index contributed by atoms with van der Waals surface area (Å²) in [7, 11) is 1.67. The first-order chi connectivity index (χ1) is 9.28. The third-order valence-electron chi connectivity index (χ3n) is 3.36. The van der Waals surface area contributed by atoms with Crippen LogP contribution in [0.3, 0.4) is 0 Å². The van der Waals surface area contributed by atoms with Crippen LogP contribution in [0.1, 0.15) is 24.2 Å². The van der Waals surface area contributed by atoms with E-state index in [0.717, 1.165) is 22.7 Å². The van der Waals surface area contributed by atoms with Gasteiger partial charge >= 0.3 is 0 Å². The second-order valence-electron chi connectivity index (χ2n) is 4.58. The summed E-state index contributed by atoms with van der Waals surface area (Å²) in [4.78, 5) is 4.71. The van der Waals surface area contributed by atoms with Crippen molar-refractivity contribution in [2.24, 2.45) is 4.99 Å². The molecule has 0 radical (unpaired) electrons. The molecule has 3 rings (SSSR count). The molecule has 1 aliphatic rings. The summed E-state index contributed by atoms with van der Waals surface area (Å²) in [5.74, 6) is 0.862. The number of benzene rings is 2. The van der Waals surface area contributed by atoms with Crippen molar-refractivity contribution >= 4 is 11.4 Å². The molecule has 19 heavy (non-hydrogen) atoms. The van der Waals surface area contributed by atoms with Crippen LogP contribution in [0.5, 0.6) is 5.75 Å². The second kappa shape index (κ2) is 4.76. The highest BCUT2D eigenvalue weighted by Crippen LogP contribution is 2.30. The Morgan fingerprint density at radius 1 is 1.05 bits per heavy atom. The molecule has 1 heterocycles. The number of rotatable bonds is 2. The molecule has 0 saturated heterocycles. The molecule has 1 atom stereocenters. The maximum Gasteiger partial charge on any atom is 0.145 e. The van der Waals surface area contributed by atoms with E-state index >= 15 is 0 Å². The fraction of sp³-hybridized carbons (Fsp3) is 0.188. The van der Waals surface area contributed by atoms with E-state index < -0.39 is 0 Å². The largest absolute Gasteiger partial charge is 0.497 e. The van der Waals surface area contributed by atoms with Crippen molar-refractivity contribution in [3.63, 3.8) is 0 Å². The molecule has 0 fully saturated rings. The number of ether oxygens (including phenoxy) is 1. The Morgan fingerprint density at radius 3 is 2.53 bits per heavy atom. The predicted molar refractivity (Wildman–Crippen MR) is 78.0 cm³/mol. The summed E-state index contributed by atoms with van der Waals surface area (Å²) in [5.41, 5.74) is 4.51. The molecule has 0 bridgehead atoms. The molecule has 0 saturated carbocycles. The minimum absolute atomic E-state index is 0.0270. The molecule has 96 valence electrons. The molecule has 2 aromatic carbocycles. The topological polar surface area (TPSA) is 33.6 Å². The van der Waals surface area contributed by atoms with E-state index in [1.165, 1.54) is 5.56 Å². The van der Waals surface area contributed by atoms with Gasteiger partial charge in [-0.1, -0.05) is 30.3 Å². The number of nitrogens with zero attached hydrogens (tertiary/aromatic N) is 1. The molecule has 3 nitrogen and oxygen atoms in total. The van der Waals surface area contributed by atoms with Crippen molar-refractivity contribution in [1.82, 2.24) is 0 Å². The zero-order chi connectivity index (χ0) is 13.2. The average molecular weight is 252 g/mol. The zero-order valence-electron chi connectivity index (χ0n) is 11.1. The van der Waals surface area contributed by atoms with Gasteiger partial charge in [-0.05, 0) is 30.7 Å². The lowest BCUT2D eigenvalue weighted by atomic mass is 10.0. The van der Waals surface area contributed by atoms with Crippen LogP contribution in [0, 0.1) is 0 Å². The fourth-order valence-electron chi connectivity index (χ4n) is 2.31. The summed E-state index contributed by atoms with van der Waals surface area (Å²) in [6, 6.07) is 16.3. The third-order valence-corrected chi connectivity index (χ3v) is 3.36. The maximum absolute atomic E-state index is 5.18. The maximum atomic E-state index is 5.18. The highest BCUT2D eigenvalue weighted by Gasteiger charge is 2.18. The Kier molecular flexibility index (Phi) is 2.95. The van der Waals surface area contributed by atoms with E-state index in [4.69, 9.17) is 9.73 Å². The van der Waals surface area contributed by atoms with E-state index in [-0.39, 0.29) is 6.17 Å². The number of hydrogen-bond acceptors (Lipinski definition) is 3. The van der Waals surface area contributed by atoms with Gasteiger partial charge in [0.25, 0.3) is 0 Å². The van der Waals surface area contributed by atoms with Gasteiger partial charge in [-0.2, -0.15) is 0 Å². The van der Waals surface area contributed by atoms with E-state index in [1.54, 1.807) is 7.11 Å². The molecule has 0 spiro atoms. The number of hydrogen-bond donors (Lipinski definition) is 1. The van der Waals surface area contributed by atoms with Crippen LogP contribution in [0.4, 0.5) is 5.69 Å². The van der Waals surface area contributed by atoms with Gasteiger partial charge in [-0.15, -0.1) is 0 Å². The van der Waals surface area contributed by atoms with Crippen LogP contribution in [0.2, 0.25) is 0 Å². The van der Waals surface area contributed by atoms with Gasteiger partial charge < -0.3 is 10.1 Å². The second-order valence-corrected chi connectivity index (χ2v) is 4.58. The molecular weight excluding hydrogens is 236 g/mol. The van der Waals surface area contributed by atoms with Crippen LogP contribution in [0.25, 0.3) is 0 Å². The molecule has 0 aliphatic carbocycles. The monoisotopic (exact) mass is 252 g/mol. The van der Waals surface area contributed by atoms with Gasteiger partial charge in [0.15, 0.2) is 0 Å². The highest BCUT2D eigenvalue weighted by atomic mass is 16.5. The van der Waals surface area contributed by atoms with Crippen molar-refractivity contribution in [3.05, 3.63) is 59.7 Å². The number of anilines is 1. The quantitative estimate of drug-likeness (QED) is 0.885. The molecule has 3 heteroatoms. The van der Waals surface area contributed by atoms with E-state index in [0.29, 0.717) is 0 Å². The Morgan fingerprint density at radius 2 is 1.79 bits per heavy atom. The zero-order valence-corrected chi connectivity index (χ0v) is 11.1. The van der Waals surface area contributed by atoms with Crippen LogP contribution < -0.4 is 10.1 Å². The molecule has 1 N–H and O–H groups in total. The summed E-state index contributed by atoms with van der Waals surface area (Å²) >= 11 is 0. The van der Waals surface area contributed by atoms with Crippen molar-refractivity contribution in [2.45, 2.75) is 13.1 Å². The lowest BCUT2D eigenvalue weighted by Gasteiger charge is -2.24. The highest BCUT2D eigenvalue weighted by molar-refractivity contribution is 6.04. The van der Waals surface area contributed by atoms with Crippen molar-refractivity contribution in [3.8, 4) is 5.75 Å². The minimum atomic E-state index is -0.0270. The molecule has 1 aliphatic heterocycles. The van der Waals surface area contributed by atoms with Crippen LogP contribution in [-0.4, -0.2) is 12.8 Å². The Bertz CT molecular complexity index is 617. The lowest BCUT2D eigenvalue weighted by molar-refractivity contribution is 0.414. The Labute approximate surface area is 113 Å². The normalized spacial score (nSPS) is 17.2. The Balaban J connectivity index is 1.94. The van der Waals surface area contributed by atoms with Crippen molar-refractivity contribution in [2.75, 3.05) is 12.4 Å². The smallest absolute Gasteiger partial charge is 0.145 e. The minimum Gasteiger partial charge on any atom is -0.497 e. The van der Waals surface area contributed by atoms with Crippen LogP contribution in [-0.2, 0) is 0 Å². The fourth-order valence-corrected chi connectivity index (χ4v) is 2.31. The van der Waals surface area contributed by atoms with Crippen molar-refractivity contribution in [1.29, 1.82) is 0 Å². The first-order valence-corrected chi connectivity index (χ1v) is 6.32. The number of aliphatic imine (C=N–C) groups is 1. The van der Waals surface area contributed by atoms with Gasteiger partial charge in [0, 0.05) is 17.0 Å². The average Bonchev–Trinajstić information content (AvgIpc) is 2.47. The summed E-state index contributed by atoms with van der Waals surface area (Å²) < 4.78 is 5.18. The molecule has 0 aromatic heterocycles. The van der Waals surface area contributed by atoms with Gasteiger partial charge in [-0.3, -0.25) is 4.99 Å². The van der Waals surface area contributed by atoms with Crippen LogP contribution in [0.15, 0.2) is 53.5 Å². The summed E-state index contributed by atoms with van der Waals surface area (Å²) in [5, 5.41) is 3.45. The van der Waals surface area contributed by atoms with Crippen molar-refractivity contribution < 1.29 is 4.74 Å². The van der Waals surface area contributed by atoms with E-state index in [9.17, 15) is 0 Å². The standard InChI is InChI=1S/C16H16N2O/c1-11-14-5-3-4-6-15(14)18-16(17-11)12-7-9-13(19-2)10-8-12/h3-10,16,18H,1-2H3. The molecular formula is C16H16N2O. The third kappa shape index (κ3) is 2.19. The number of fused-ring (bicyclic) bond motifs is 1. The first kappa shape index (κ1) is 11.8.